The third-order valence-corrected chi connectivity index (χ3v) is 4.37. The molecule has 0 spiro atoms. The molecule has 1 atom stereocenters. The predicted molar refractivity (Wildman–Crippen MR) is 92.8 cm³/mol. The largest absolute Gasteiger partial charge is 0.446 e. The highest BCUT2D eigenvalue weighted by Crippen LogP contribution is 2.36. The molecule has 1 heterocycles. The van der Waals surface area contributed by atoms with Crippen LogP contribution in [0.4, 0.5) is 13.2 Å². The second kappa shape index (κ2) is 8.20. The molecule has 2 aromatic rings. The van der Waals surface area contributed by atoms with Crippen LogP contribution in [0.25, 0.3) is 6.08 Å². The van der Waals surface area contributed by atoms with Gasteiger partial charge in [0, 0.05) is 30.4 Å². The molecule has 1 amide bonds. The Morgan fingerprint density at radius 2 is 1.92 bits per heavy atom. The summed E-state index contributed by atoms with van der Waals surface area (Å²) in [4.78, 5) is 18.0. The molecular weight excluding hydrogens is 349 g/mol. The Bertz CT molecular complexity index is 730. The first-order valence-electron chi connectivity index (χ1n) is 7.47. The van der Waals surface area contributed by atoms with Gasteiger partial charge in [-0.15, -0.1) is 0 Å². The summed E-state index contributed by atoms with van der Waals surface area (Å²) in [5.74, 6) is -0.204. The molecule has 0 saturated carbocycles. The van der Waals surface area contributed by atoms with Crippen LogP contribution in [0.2, 0.25) is 0 Å². The van der Waals surface area contributed by atoms with Crippen molar-refractivity contribution in [1.82, 2.24) is 9.88 Å². The van der Waals surface area contributed by atoms with E-state index in [1.807, 2.05) is 13.0 Å². The summed E-state index contributed by atoms with van der Waals surface area (Å²) < 4.78 is 36.9. The molecule has 0 N–H and O–H groups in total. The van der Waals surface area contributed by atoms with Crippen molar-refractivity contribution in [2.75, 3.05) is 7.05 Å². The highest BCUT2D eigenvalue weighted by atomic mass is 32.2. The second-order valence-electron chi connectivity index (χ2n) is 5.36. The van der Waals surface area contributed by atoms with Crippen LogP contribution in [0.3, 0.4) is 0 Å². The number of halogens is 3. The summed E-state index contributed by atoms with van der Waals surface area (Å²) in [5, 5.41) is 0. The van der Waals surface area contributed by atoms with Gasteiger partial charge in [-0.25, -0.2) is 0 Å². The smallest absolute Gasteiger partial charge is 0.335 e. The lowest BCUT2D eigenvalue weighted by atomic mass is 10.1. The third kappa shape index (κ3) is 5.94. The van der Waals surface area contributed by atoms with E-state index < -0.39 is 5.51 Å². The Kier molecular flexibility index (Phi) is 6.25. The number of carbonyl (C=O) groups excluding carboxylic acids is 1. The molecule has 0 radical (unpaired) electrons. The Labute approximate surface area is 148 Å². The maximum Gasteiger partial charge on any atom is 0.446 e. The normalized spacial score (nSPS) is 13.0. The van der Waals surface area contributed by atoms with Crippen molar-refractivity contribution in [1.29, 1.82) is 0 Å². The Morgan fingerprint density at radius 1 is 1.24 bits per heavy atom. The molecule has 132 valence electrons. The number of carbonyl (C=O) groups is 1. The average molecular weight is 366 g/mol. The number of nitrogens with zero attached hydrogens (tertiary/aromatic N) is 2. The van der Waals surface area contributed by atoms with Crippen molar-refractivity contribution in [2.24, 2.45) is 0 Å². The van der Waals surface area contributed by atoms with Gasteiger partial charge >= 0.3 is 5.51 Å². The van der Waals surface area contributed by atoms with E-state index in [0.717, 1.165) is 5.56 Å². The van der Waals surface area contributed by atoms with Gasteiger partial charge in [-0.2, -0.15) is 13.2 Å². The van der Waals surface area contributed by atoms with Crippen molar-refractivity contribution in [3.8, 4) is 0 Å². The van der Waals surface area contributed by atoms with Gasteiger partial charge in [0.15, 0.2) is 0 Å². The molecule has 1 aromatic heterocycles. The zero-order valence-corrected chi connectivity index (χ0v) is 14.5. The lowest BCUT2D eigenvalue weighted by Crippen LogP contribution is -2.28. The average Bonchev–Trinajstić information content (AvgIpc) is 2.59. The van der Waals surface area contributed by atoms with Crippen LogP contribution < -0.4 is 0 Å². The Hall–Kier alpha value is -2.28. The highest BCUT2D eigenvalue weighted by Gasteiger charge is 2.28. The minimum absolute atomic E-state index is 0.110. The summed E-state index contributed by atoms with van der Waals surface area (Å²) in [6.07, 6.45) is 6.35. The SMILES string of the molecule is CC(c1cccnc1)N(C)C(=O)C=Cc1ccc(SC(F)(F)F)cc1. The lowest BCUT2D eigenvalue weighted by Gasteiger charge is -2.23. The molecule has 0 fully saturated rings. The van der Waals surface area contributed by atoms with Gasteiger partial charge in [-0.3, -0.25) is 9.78 Å². The van der Waals surface area contributed by atoms with E-state index in [0.29, 0.717) is 5.56 Å². The van der Waals surface area contributed by atoms with Crippen LogP contribution in [0.1, 0.15) is 24.1 Å². The second-order valence-corrected chi connectivity index (χ2v) is 6.50. The number of rotatable bonds is 5. The molecule has 0 aliphatic heterocycles. The lowest BCUT2D eigenvalue weighted by molar-refractivity contribution is -0.126. The number of hydrogen-bond acceptors (Lipinski definition) is 3. The number of aromatic nitrogens is 1. The molecule has 1 aromatic carbocycles. The standard InChI is InChI=1S/C18H17F3N2OS/c1-13(15-4-3-11-22-12-15)23(2)17(24)10-7-14-5-8-16(9-6-14)25-18(19,20)21/h3-13H,1-2H3. The summed E-state index contributed by atoms with van der Waals surface area (Å²) in [7, 11) is 1.69. The zero-order chi connectivity index (χ0) is 18.4. The molecule has 1 unspecified atom stereocenters. The summed E-state index contributed by atoms with van der Waals surface area (Å²) in [6.45, 7) is 1.89. The maximum absolute atomic E-state index is 12.3. The molecule has 0 aliphatic carbocycles. The first-order chi connectivity index (χ1) is 11.8. The van der Waals surface area contributed by atoms with Crippen molar-refractivity contribution >= 4 is 23.7 Å². The van der Waals surface area contributed by atoms with Crippen LogP contribution in [-0.2, 0) is 4.79 Å². The summed E-state index contributed by atoms with van der Waals surface area (Å²) in [5.41, 5.74) is -2.74. The van der Waals surface area contributed by atoms with Crippen LogP contribution >= 0.6 is 11.8 Å². The van der Waals surface area contributed by atoms with Crippen molar-refractivity contribution in [3.63, 3.8) is 0 Å². The van der Waals surface area contributed by atoms with E-state index >= 15 is 0 Å². The molecule has 2 rings (SSSR count). The molecular formula is C18H17F3N2OS. The predicted octanol–water partition coefficient (Wildman–Crippen LogP) is 4.93. The van der Waals surface area contributed by atoms with Crippen LogP contribution in [0.5, 0.6) is 0 Å². The fourth-order valence-electron chi connectivity index (χ4n) is 2.10. The molecule has 0 saturated heterocycles. The summed E-state index contributed by atoms with van der Waals surface area (Å²) >= 11 is -0.165. The van der Waals surface area contributed by atoms with Crippen molar-refractivity contribution < 1.29 is 18.0 Å². The van der Waals surface area contributed by atoms with E-state index in [1.54, 1.807) is 48.6 Å². The summed E-state index contributed by atoms with van der Waals surface area (Å²) in [6, 6.07) is 9.40. The number of amides is 1. The fourth-order valence-corrected chi connectivity index (χ4v) is 2.64. The van der Waals surface area contributed by atoms with Crippen molar-refractivity contribution in [3.05, 3.63) is 66.0 Å². The van der Waals surface area contributed by atoms with E-state index in [4.69, 9.17) is 0 Å². The molecule has 7 heteroatoms. The number of alkyl halides is 3. The topological polar surface area (TPSA) is 33.2 Å². The van der Waals surface area contributed by atoms with Crippen molar-refractivity contribution in [2.45, 2.75) is 23.4 Å². The maximum atomic E-state index is 12.3. The first kappa shape index (κ1) is 19.1. The Balaban J connectivity index is 1.99. The third-order valence-electron chi connectivity index (χ3n) is 3.63. The number of likely N-dealkylation sites (N-methyl/N-ethyl adjacent to an activating group) is 1. The van der Waals surface area contributed by atoms with E-state index in [-0.39, 0.29) is 28.6 Å². The van der Waals surface area contributed by atoms with Gasteiger partial charge in [0.05, 0.1) is 6.04 Å². The van der Waals surface area contributed by atoms with E-state index in [9.17, 15) is 18.0 Å². The Morgan fingerprint density at radius 3 is 2.48 bits per heavy atom. The van der Waals surface area contributed by atoms with Crippen LogP contribution in [0, 0.1) is 0 Å². The number of pyridine rings is 1. The monoisotopic (exact) mass is 366 g/mol. The molecule has 25 heavy (non-hydrogen) atoms. The minimum Gasteiger partial charge on any atom is -0.335 e. The van der Waals surface area contributed by atoms with Gasteiger partial charge in [0.2, 0.25) is 5.91 Å². The van der Waals surface area contributed by atoms with Crippen LogP contribution in [-0.4, -0.2) is 28.3 Å². The van der Waals surface area contributed by atoms with Gasteiger partial charge < -0.3 is 4.90 Å². The number of thioether (sulfide) groups is 1. The van der Waals surface area contributed by atoms with Gasteiger partial charge in [-0.1, -0.05) is 18.2 Å². The first-order valence-corrected chi connectivity index (χ1v) is 8.28. The van der Waals surface area contributed by atoms with Gasteiger partial charge in [0.1, 0.15) is 0 Å². The van der Waals surface area contributed by atoms with Gasteiger partial charge in [-0.05, 0) is 54.1 Å². The minimum atomic E-state index is -4.31. The van der Waals surface area contributed by atoms with Gasteiger partial charge in [0.25, 0.3) is 0 Å². The van der Waals surface area contributed by atoms with E-state index in [2.05, 4.69) is 4.98 Å². The molecule has 0 bridgehead atoms. The highest BCUT2D eigenvalue weighted by molar-refractivity contribution is 8.00. The fraction of sp³-hybridized carbons (Fsp3) is 0.222. The molecule has 0 aliphatic rings. The molecule has 3 nitrogen and oxygen atoms in total. The van der Waals surface area contributed by atoms with Crippen LogP contribution in [0.15, 0.2) is 59.8 Å². The quantitative estimate of drug-likeness (QED) is 0.556. The number of hydrogen-bond donors (Lipinski definition) is 0. The van der Waals surface area contributed by atoms with E-state index in [1.165, 1.54) is 18.2 Å². The number of benzene rings is 1. The zero-order valence-electron chi connectivity index (χ0n) is 13.7.